The third kappa shape index (κ3) is 3.04. The highest BCUT2D eigenvalue weighted by molar-refractivity contribution is 5.68. The summed E-state index contributed by atoms with van der Waals surface area (Å²) in [6.45, 7) is 3.56. The smallest absolute Gasteiger partial charge is 0.410 e. The number of nitrogens with zero attached hydrogens (tertiary/aromatic N) is 1. The maximum Gasteiger partial charge on any atom is 0.410 e. The molecule has 1 unspecified atom stereocenters. The Labute approximate surface area is 125 Å². The molecule has 1 spiro atoms. The van der Waals surface area contributed by atoms with Crippen LogP contribution in [-0.2, 0) is 11.3 Å². The maximum absolute atomic E-state index is 12.2. The summed E-state index contributed by atoms with van der Waals surface area (Å²) in [6, 6.07) is 9.78. The zero-order valence-corrected chi connectivity index (χ0v) is 12.3. The lowest BCUT2D eigenvalue weighted by atomic mass is 9.77. The van der Waals surface area contributed by atoms with E-state index in [0.717, 1.165) is 31.5 Å². The molecule has 0 radical (unpaired) electrons. The van der Waals surface area contributed by atoms with E-state index in [-0.39, 0.29) is 17.6 Å². The molecule has 2 saturated heterocycles. The van der Waals surface area contributed by atoms with Crippen molar-refractivity contribution in [1.29, 1.82) is 0 Å². The van der Waals surface area contributed by atoms with Crippen LogP contribution >= 0.6 is 0 Å². The number of rotatable bonds is 2. The summed E-state index contributed by atoms with van der Waals surface area (Å²) >= 11 is 0. The van der Waals surface area contributed by atoms with Crippen molar-refractivity contribution in [3.63, 3.8) is 0 Å². The fourth-order valence-electron chi connectivity index (χ4n) is 3.39. The SMILES string of the molecule is N[C@@H]1CN(C(=O)OCc2ccccc2)CC12CCCNC2. The van der Waals surface area contributed by atoms with Gasteiger partial charge < -0.3 is 20.7 Å². The summed E-state index contributed by atoms with van der Waals surface area (Å²) in [7, 11) is 0. The first-order chi connectivity index (χ1) is 10.2. The van der Waals surface area contributed by atoms with Gasteiger partial charge in [-0.15, -0.1) is 0 Å². The number of benzene rings is 1. The number of nitrogens with one attached hydrogen (secondary N) is 1. The molecule has 5 nitrogen and oxygen atoms in total. The average molecular weight is 289 g/mol. The maximum atomic E-state index is 12.2. The number of carbonyl (C=O) groups excluding carboxylic acids is 1. The number of piperidine rings is 1. The monoisotopic (exact) mass is 289 g/mol. The summed E-state index contributed by atoms with van der Waals surface area (Å²) < 4.78 is 5.41. The van der Waals surface area contributed by atoms with Crippen LogP contribution in [-0.4, -0.2) is 43.2 Å². The van der Waals surface area contributed by atoms with Gasteiger partial charge in [0.25, 0.3) is 0 Å². The summed E-state index contributed by atoms with van der Waals surface area (Å²) in [5, 5.41) is 3.41. The molecule has 1 amide bonds. The number of carbonyl (C=O) groups is 1. The van der Waals surface area contributed by atoms with Crippen LogP contribution in [0.2, 0.25) is 0 Å². The van der Waals surface area contributed by atoms with E-state index < -0.39 is 0 Å². The van der Waals surface area contributed by atoms with Gasteiger partial charge in [0, 0.05) is 31.1 Å². The fourth-order valence-corrected chi connectivity index (χ4v) is 3.39. The number of ether oxygens (including phenoxy) is 1. The zero-order valence-electron chi connectivity index (χ0n) is 12.3. The van der Waals surface area contributed by atoms with Crippen molar-refractivity contribution in [3.8, 4) is 0 Å². The van der Waals surface area contributed by atoms with Crippen molar-refractivity contribution < 1.29 is 9.53 Å². The standard InChI is InChI=1S/C16H23N3O2/c17-14-9-19(12-16(14)7-4-8-18-11-16)15(20)21-10-13-5-2-1-3-6-13/h1-3,5-6,14,18H,4,7-12,17H2/t14-,16?/m1/s1. The van der Waals surface area contributed by atoms with Gasteiger partial charge in [-0.3, -0.25) is 0 Å². The normalized spacial score (nSPS) is 28.8. The molecule has 0 aromatic heterocycles. The molecule has 5 heteroatoms. The van der Waals surface area contributed by atoms with Crippen molar-refractivity contribution in [3.05, 3.63) is 35.9 Å². The summed E-state index contributed by atoms with van der Waals surface area (Å²) in [4.78, 5) is 14.0. The van der Waals surface area contributed by atoms with Crippen molar-refractivity contribution in [1.82, 2.24) is 10.2 Å². The molecule has 3 rings (SSSR count). The number of hydrogen-bond donors (Lipinski definition) is 2. The predicted molar refractivity (Wildman–Crippen MR) is 80.7 cm³/mol. The Morgan fingerprint density at radius 1 is 1.43 bits per heavy atom. The van der Waals surface area contributed by atoms with E-state index in [1.165, 1.54) is 0 Å². The lowest BCUT2D eigenvalue weighted by molar-refractivity contribution is 0.0972. The molecule has 2 fully saturated rings. The number of nitrogens with two attached hydrogens (primary N) is 1. The van der Waals surface area contributed by atoms with Gasteiger partial charge in [0.15, 0.2) is 0 Å². The van der Waals surface area contributed by atoms with Gasteiger partial charge in [-0.1, -0.05) is 30.3 Å². The zero-order chi connectivity index (χ0) is 14.7. The molecule has 0 aliphatic carbocycles. The van der Waals surface area contributed by atoms with Crippen LogP contribution < -0.4 is 11.1 Å². The van der Waals surface area contributed by atoms with E-state index >= 15 is 0 Å². The third-order valence-corrected chi connectivity index (χ3v) is 4.68. The Morgan fingerprint density at radius 2 is 2.24 bits per heavy atom. The Hall–Kier alpha value is -1.59. The molecule has 0 saturated carbocycles. The Morgan fingerprint density at radius 3 is 2.95 bits per heavy atom. The first-order valence-corrected chi connectivity index (χ1v) is 7.62. The lowest BCUT2D eigenvalue weighted by Crippen LogP contribution is -2.50. The van der Waals surface area contributed by atoms with Crippen LogP contribution in [0.3, 0.4) is 0 Å². The summed E-state index contributed by atoms with van der Waals surface area (Å²) in [6.07, 6.45) is 1.96. The van der Waals surface area contributed by atoms with Crippen LogP contribution in [0.15, 0.2) is 30.3 Å². The van der Waals surface area contributed by atoms with Crippen LogP contribution in [0.4, 0.5) is 4.79 Å². The topological polar surface area (TPSA) is 67.6 Å². The molecule has 2 atom stereocenters. The Kier molecular flexibility index (Phi) is 4.12. The second kappa shape index (κ2) is 6.03. The lowest BCUT2D eigenvalue weighted by Gasteiger charge is -2.36. The Balaban J connectivity index is 1.56. The molecule has 2 aliphatic heterocycles. The van der Waals surface area contributed by atoms with Crippen molar-refractivity contribution >= 4 is 6.09 Å². The van der Waals surface area contributed by atoms with Gasteiger partial charge in [-0.05, 0) is 24.9 Å². The van der Waals surface area contributed by atoms with Crippen LogP contribution in [0, 0.1) is 5.41 Å². The molecule has 1 aromatic carbocycles. The van der Waals surface area contributed by atoms with E-state index in [0.29, 0.717) is 19.7 Å². The van der Waals surface area contributed by atoms with Gasteiger partial charge in [-0.25, -0.2) is 4.79 Å². The number of likely N-dealkylation sites (tertiary alicyclic amines) is 1. The highest BCUT2D eigenvalue weighted by Gasteiger charge is 2.47. The van der Waals surface area contributed by atoms with E-state index in [4.69, 9.17) is 10.5 Å². The third-order valence-electron chi connectivity index (χ3n) is 4.68. The van der Waals surface area contributed by atoms with Crippen LogP contribution in [0.1, 0.15) is 18.4 Å². The van der Waals surface area contributed by atoms with Crippen LogP contribution in [0.5, 0.6) is 0 Å². The fraction of sp³-hybridized carbons (Fsp3) is 0.562. The second-order valence-corrected chi connectivity index (χ2v) is 6.17. The minimum Gasteiger partial charge on any atom is -0.445 e. The second-order valence-electron chi connectivity index (χ2n) is 6.17. The molecule has 114 valence electrons. The molecule has 1 aromatic rings. The largest absolute Gasteiger partial charge is 0.445 e. The van der Waals surface area contributed by atoms with Crippen molar-refractivity contribution in [2.75, 3.05) is 26.2 Å². The Bertz CT molecular complexity index is 486. The molecule has 3 N–H and O–H groups in total. The average Bonchev–Trinajstić information content (AvgIpc) is 2.83. The van der Waals surface area contributed by atoms with Gasteiger partial charge in [0.2, 0.25) is 0 Å². The first-order valence-electron chi connectivity index (χ1n) is 7.62. The minimum absolute atomic E-state index is 0.0318. The highest BCUT2D eigenvalue weighted by Crippen LogP contribution is 2.35. The quantitative estimate of drug-likeness (QED) is 0.862. The minimum atomic E-state index is -0.253. The number of hydrogen-bond acceptors (Lipinski definition) is 4. The first kappa shape index (κ1) is 14.4. The molecule has 2 heterocycles. The summed E-state index contributed by atoms with van der Waals surface area (Å²) in [5.41, 5.74) is 7.33. The van der Waals surface area contributed by atoms with Gasteiger partial charge >= 0.3 is 6.09 Å². The molecular weight excluding hydrogens is 266 g/mol. The van der Waals surface area contributed by atoms with E-state index in [9.17, 15) is 4.79 Å². The molecule has 21 heavy (non-hydrogen) atoms. The van der Waals surface area contributed by atoms with Gasteiger partial charge in [0.05, 0.1) is 0 Å². The molecule has 0 bridgehead atoms. The van der Waals surface area contributed by atoms with Crippen molar-refractivity contribution in [2.24, 2.45) is 11.1 Å². The van der Waals surface area contributed by atoms with E-state index in [2.05, 4.69) is 5.32 Å². The van der Waals surface area contributed by atoms with Crippen LogP contribution in [0.25, 0.3) is 0 Å². The molecular formula is C16H23N3O2. The van der Waals surface area contributed by atoms with E-state index in [1.807, 2.05) is 30.3 Å². The summed E-state index contributed by atoms with van der Waals surface area (Å²) in [5.74, 6) is 0. The number of amides is 1. The van der Waals surface area contributed by atoms with Gasteiger partial charge in [-0.2, -0.15) is 0 Å². The molecule has 2 aliphatic rings. The van der Waals surface area contributed by atoms with Crippen molar-refractivity contribution in [2.45, 2.75) is 25.5 Å². The predicted octanol–water partition coefficient (Wildman–Crippen LogP) is 1.34. The van der Waals surface area contributed by atoms with E-state index in [1.54, 1.807) is 4.90 Å². The highest BCUT2D eigenvalue weighted by atomic mass is 16.6. The van der Waals surface area contributed by atoms with Gasteiger partial charge in [0.1, 0.15) is 6.61 Å².